The molecule has 168 valence electrons. The SMILES string of the molecule is CC(C)(C)CC(=O)Nc1ccc(NCc2ccc(OC(F)F)cc2)nc1N1CCCC1. The maximum absolute atomic E-state index is 12.5. The van der Waals surface area contributed by atoms with Crippen molar-refractivity contribution in [1.29, 1.82) is 0 Å². The van der Waals surface area contributed by atoms with Gasteiger partial charge in [-0.3, -0.25) is 4.79 Å². The Morgan fingerprint density at radius 1 is 1.13 bits per heavy atom. The summed E-state index contributed by atoms with van der Waals surface area (Å²) in [7, 11) is 0. The zero-order valence-electron chi connectivity index (χ0n) is 18.3. The van der Waals surface area contributed by atoms with Gasteiger partial charge in [-0.25, -0.2) is 4.98 Å². The summed E-state index contributed by atoms with van der Waals surface area (Å²) < 4.78 is 28.9. The highest BCUT2D eigenvalue weighted by Crippen LogP contribution is 2.30. The molecule has 0 atom stereocenters. The van der Waals surface area contributed by atoms with Crippen LogP contribution in [-0.4, -0.2) is 30.6 Å². The average Bonchev–Trinajstić information content (AvgIpc) is 3.21. The van der Waals surface area contributed by atoms with Crippen LogP contribution in [0.3, 0.4) is 0 Å². The van der Waals surface area contributed by atoms with E-state index in [1.165, 1.54) is 12.1 Å². The topological polar surface area (TPSA) is 66.5 Å². The molecule has 0 aliphatic carbocycles. The number of nitrogens with zero attached hydrogens (tertiary/aromatic N) is 2. The van der Waals surface area contributed by atoms with Gasteiger partial charge in [0.1, 0.15) is 11.6 Å². The monoisotopic (exact) mass is 432 g/mol. The molecule has 0 unspecified atom stereocenters. The van der Waals surface area contributed by atoms with Crippen molar-refractivity contribution in [2.75, 3.05) is 28.6 Å². The molecule has 0 radical (unpaired) electrons. The van der Waals surface area contributed by atoms with E-state index in [1.807, 2.05) is 32.9 Å². The lowest BCUT2D eigenvalue weighted by Crippen LogP contribution is -2.24. The first kappa shape index (κ1) is 22.8. The number of carbonyl (C=O) groups is 1. The molecule has 6 nitrogen and oxygen atoms in total. The number of alkyl halides is 2. The second kappa shape index (κ2) is 9.94. The number of benzene rings is 1. The number of aromatic nitrogens is 1. The summed E-state index contributed by atoms with van der Waals surface area (Å²) in [4.78, 5) is 19.4. The molecule has 8 heteroatoms. The Morgan fingerprint density at radius 3 is 2.42 bits per heavy atom. The summed E-state index contributed by atoms with van der Waals surface area (Å²) in [6.07, 6.45) is 2.63. The Hall–Kier alpha value is -2.90. The number of hydrogen-bond acceptors (Lipinski definition) is 5. The van der Waals surface area contributed by atoms with Gasteiger partial charge in [0.2, 0.25) is 5.91 Å². The Balaban J connectivity index is 1.69. The van der Waals surface area contributed by atoms with E-state index in [9.17, 15) is 13.6 Å². The van der Waals surface area contributed by atoms with Gasteiger partial charge >= 0.3 is 6.61 Å². The van der Waals surface area contributed by atoms with Gasteiger partial charge in [0, 0.05) is 26.1 Å². The number of pyridine rings is 1. The van der Waals surface area contributed by atoms with Crippen molar-refractivity contribution < 1.29 is 18.3 Å². The fraction of sp³-hybridized carbons (Fsp3) is 0.478. The van der Waals surface area contributed by atoms with Gasteiger partial charge < -0.3 is 20.3 Å². The smallest absolute Gasteiger partial charge is 0.387 e. The lowest BCUT2D eigenvalue weighted by atomic mass is 9.92. The highest BCUT2D eigenvalue weighted by molar-refractivity contribution is 5.94. The fourth-order valence-electron chi connectivity index (χ4n) is 3.47. The minimum Gasteiger partial charge on any atom is -0.435 e. The summed E-state index contributed by atoms with van der Waals surface area (Å²) in [5.74, 6) is 1.55. The minimum atomic E-state index is -2.83. The van der Waals surface area contributed by atoms with E-state index in [4.69, 9.17) is 4.98 Å². The third-order valence-corrected chi connectivity index (χ3v) is 4.87. The van der Waals surface area contributed by atoms with Crippen LogP contribution >= 0.6 is 0 Å². The zero-order chi connectivity index (χ0) is 22.4. The first-order valence-electron chi connectivity index (χ1n) is 10.5. The predicted molar refractivity (Wildman–Crippen MR) is 119 cm³/mol. The Labute approximate surface area is 182 Å². The number of hydrogen-bond donors (Lipinski definition) is 2. The van der Waals surface area contributed by atoms with Gasteiger partial charge in [0.05, 0.1) is 5.69 Å². The van der Waals surface area contributed by atoms with E-state index < -0.39 is 6.61 Å². The number of anilines is 3. The lowest BCUT2D eigenvalue weighted by molar-refractivity contribution is -0.117. The molecule has 2 aromatic rings. The van der Waals surface area contributed by atoms with Crippen molar-refractivity contribution in [3.63, 3.8) is 0 Å². The van der Waals surface area contributed by atoms with Crippen LogP contribution in [0, 0.1) is 5.41 Å². The summed E-state index contributed by atoms with van der Waals surface area (Å²) >= 11 is 0. The Kier molecular flexibility index (Phi) is 7.30. The van der Waals surface area contributed by atoms with Crippen LogP contribution in [0.2, 0.25) is 0 Å². The molecule has 0 spiro atoms. The summed E-state index contributed by atoms with van der Waals surface area (Å²) in [5.41, 5.74) is 1.53. The van der Waals surface area contributed by atoms with E-state index in [1.54, 1.807) is 12.1 Å². The lowest BCUT2D eigenvalue weighted by Gasteiger charge is -2.23. The molecule has 1 aliphatic heterocycles. The maximum Gasteiger partial charge on any atom is 0.387 e. The van der Waals surface area contributed by atoms with Crippen molar-refractivity contribution in [2.45, 2.75) is 53.2 Å². The molecule has 2 N–H and O–H groups in total. The molecule has 1 fully saturated rings. The van der Waals surface area contributed by atoms with Gasteiger partial charge in [-0.15, -0.1) is 0 Å². The van der Waals surface area contributed by atoms with Gasteiger partial charge in [0.25, 0.3) is 0 Å². The zero-order valence-corrected chi connectivity index (χ0v) is 18.3. The van der Waals surface area contributed by atoms with Crippen molar-refractivity contribution in [2.24, 2.45) is 5.41 Å². The van der Waals surface area contributed by atoms with Crippen molar-refractivity contribution in [1.82, 2.24) is 4.98 Å². The van der Waals surface area contributed by atoms with Crippen LogP contribution in [0.5, 0.6) is 5.75 Å². The molecule has 0 bridgehead atoms. The summed E-state index contributed by atoms with van der Waals surface area (Å²) in [5, 5.41) is 6.29. The highest BCUT2D eigenvalue weighted by atomic mass is 19.3. The number of rotatable bonds is 8. The van der Waals surface area contributed by atoms with Gasteiger partial charge in [-0.05, 0) is 48.1 Å². The second-order valence-corrected chi connectivity index (χ2v) is 8.92. The van der Waals surface area contributed by atoms with E-state index >= 15 is 0 Å². The molecule has 1 aromatic heterocycles. The van der Waals surface area contributed by atoms with Crippen molar-refractivity contribution in [3.05, 3.63) is 42.0 Å². The standard InChI is InChI=1S/C23H30F2N4O2/c1-23(2,3)14-20(30)27-18-10-11-19(28-21(18)29-12-4-5-13-29)26-15-16-6-8-17(9-7-16)31-22(24)25/h6-11,22H,4-5,12-15H2,1-3H3,(H,26,28)(H,27,30). The Morgan fingerprint density at radius 2 is 1.81 bits per heavy atom. The van der Waals surface area contributed by atoms with E-state index in [2.05, 4.69) is 20.3 Å². The molecule has 1 saturated heterocycles. The Bertz CT molecular complexity index is 876. The van der Waals surface area contributed by atoms with Crippen LogP contribution in [0.25, 0.3) is 0 Å². The molecule has 2 heterocycles. The van der Waals surface area contributed by atoms with E-state index in [0.29, 0.717) is 18.8 Å². The molecule has 1 aromatic carbocycles. The largest absolute Gasteiger partial charge is 0.435 e. The third-order valence-electron chi connectivity index (χ3n) is 4.87. The maximum atomic E-state index is 12.5. The molecular formula is C23H30F2N4O2. The molecule has 1 aliphatic rings. The number of halogens is 2. The van der Waals surface area contributed by atoms with Crippen molar-refractivity contribution in [3.8, 4) is 5.75 Å². The molecule has 3 rings (SSSR count). The molecule has 0 saturated carbocycles. The number of amides is 1. The summed E-state index contributed by atoms with van der Waals surface area (Å²) in [6.45, 7) is 5.56. The first-order chi connectivity index (χ1) is 14.7. The van der Waals surface area contributed by atoms with Crippen LogP contribution < -0.4 is 20.3 Å². The average molecular weight is 433 g/mol. The van der Waals surface area contributed by atoms with Crippen LogP contribution in [0.1, 0.15) is 45.6 Å². The number of carbonyl (C=O) groups excluding carboxylic acids is 1. The van der Waals surface area contributed by atoms with Crippen LogP contribution in [-0.2, 0) is 11.3 Å². The minimum absolute atomic E-state index is 0.0263. The number of nitrogens with one attached hydrogen (secondary N) is 2. The normalized spacial score (nSPS) is 14.1. The third kappa shape index (κ3) is 7.08. The second-order valence-electron chi connectivity index (χ2n) is 8.92. The first-order valence-corrected chi connectivity index (χ1v) is 10.5. The van der Waals surface area contributed by atoms with E-state index in [0.717, 1.165) is 43.0 Å². The van der Waals surface area contributed by atoms with Crippen LogP contribution in [0.4, 0.5) is 26.1 Å². The quantitative estimate of drug-likeness (QED) is 0.595. The fourth-order valence-corrected chi connectivity index (χ4v) is 3.47. The van der Waals surface area contributed by atoms with Crippen molar-refractivity contribution >= 4 is 23.2 Å². The van der Waals surface area contributed by atoms with Gasteiger partial charge in [-0.2, -0.15) is 8.78 Å². The highest BCUT2D eigenvalue weighted by Gasteiger charge is 2.21. The van der Waals surface area contributed by atoms with Crippen LogP contribution in [0.15, 0.2) is 36.4 Å². The van der Waals surface area contributed by atoms with Gasteiger partial charge in [0.15, 0.2) is 5.82 Å². The van der Waals surface area contributed by atoms with E-state index in [-0.39, 0.29) is 17.1 Å². The summed E-state index contributed by atoms with van der Waals surface area (Å²) in [6, 6.07) is 10.2. The molecule has 1 amide bonds. The van der Waals surface area contributed by atoms with Gasteiger partial charge in [-0.1, -0.05) is 32.9 Å². The predicted octanol–water partition coefficient (Wildman–Crippen LogP) is 5.27. The molecular weight excluding hydrogens is 402 g/mol. The molecule has 31 heavy (non-hydrogen) atoms. The number of ether oxygens (including phenoxy) is 1.